The van der Waals surface area contributed by atoms with E-state index < -0.39 is 24.0 Å². The third-order valence-corrected chi connectivity index (χ3v) is 7.35. The van der Waals surface area contributed by atoms with Crippen molar-refractivity contribution in [1.29, 1.82) is 0 Å². The van der Waals surface area contributed by atoms with E-state index in [0.717, 1.165) is 22.8 Å². The fourth-order valence-electron chi connectivity index (χ4n) is 5.03. The first-order chi connectivity index (χ1) is 22.0. The highest BCUT2D eigenvalue weighted by Gasteiger charge is 2.23. The van der Waals surface area contributed by atoms with Gasteiger partial charge in [-0.3, -0.25) is 34.5 Å². The van der Waals surface area contributed by atoms with Crippen LogP contribution in [0.5, 0.6) is 0 Å². The predicted molar refractivity (Wildman–Crippen MR) is 171 cm³/mol. The van der Waals surface area contributed by atoms with Gasteiger partial charge in [-0.2, -0.15) is 0 Å². The van der Waals surface area contributed by atoms with Crippen LogP contribution in [0.1, 0.15) is 48.5 Å². The van der Waals surface area contributed by atoms with Crippen LogP contribution in [0.4, 0.5) is 0 Å². The van der Waals surface area contributed by atoms with E-state index in [1.165, 1.54) is 0 Å². The van der Waals surface area contributed by atoms with Gasteiger partial charge in [-0.1, -0.05) is 24.3 Å². The number of aliphatic carboxylic acids is 1. The number of carboxylic acids is 1. The summed E-state index contributed by atoms with van der Waals surface area (Å²) in [6.45, 7) is 3.77. The van der Waals surface area contributed by atoms with Crippen molar-refractivity contribution < 1.29 is 14.7 Å². The van der Waals surface area contributed by atoms with Crippen LogP contribution in [0.3, 0.4) is 0 Å². The van der Waals surface area contributed by atoms with E-state index >= 15 is 0 Å². The van der Waals surface area contributed by atoms with Gasteiger partial charge in [0, 0.05) is 51.0 Å². The zero-order chi connectivity index (χ0) is 31.7. The number of rotatable bonds is 19. The monoisotopic (exact) mass is 610 g/mol. The molecule has 4 aromatic rings. The molecule has 0 spiro atoms. The number of nitrogens with zero attached hydrogens (tertiary/aromatic N) is 6. The van der Waals surface area contributed by atoms with E-state index in [-0.39, 0.29) is 6.42 Å². The number of hydrogen-bond acceptors (Lipinski definition) is 9. The Morgan fingerprint density at radius 2 is 1.02 bits per heavy atom. The number of hydrogen-bond donors (Lipinski definition) is 3. The molecule has 0 aromatic carbocycles. The van der Waals surface area contributed by atoms with Crippen LogP contribution in [-0.2, 0) is 35.8 Å². The Labute approximate surface area is 264 Å². The number of carbonyl (C=O) groups is 2. The van der Waals surface area contributed by atoms with Gasteiger partial charge in [0.25, 0.3) is 0 Å². The normalized spacial score (nSPS) is 12.6. The molecule has 2 atom stereocenters. The molecule has 4 N–H and O–H groups in total. The first kappa shape index (κ1) is 33.3. The molecule has 4 aromatic heterocycles. The number of aromatic nitrogens is 4. The molecule has 0 radical (unpaired) electrons. The maximum absolute atomic E-state index is 12.9. The van der Waals surface area contributed by atoms with Crippen LogP contribution in [0.25, 0.3) is 0 Å². The summed E-state index contributed by atoms with van der Waals surface area (Å²) in [5.74, 6) is -1.53. The van der Waals surface area contributed by atoms with Gasteiger partial charge in [0.1, 0.15) is 6.04 Å². The highest BCUT2D eigenvalue weighted by Crippen LogP contribution is 2.12. The van der Waals surface area contributed by atoms with Crippen molar-refractivity contribution in [3.63, 3.8) is 0 Å². The quantitative estimate of drug-likeness (QED) is 0.144. The van der Waals surface area contributed by atoms with Crippen molar-refractivity contribution in [3.8, 4) is 0 Å². The number of carboxylic acid groups (broad SMARTS) is 1. The fraction of sp³-hybridized carbons (Fsp3) is 0.353. The lowest BCUT2D eigenvalue weighted by atomic mass is 10.1. The summed E-state index contributed by atoms with van der Waals surface area (Å²) in [6.07, 6.45) is 8.96. The van der Waals surface area contributed by atoms with Crippen molar-refractivity contribution >= 4 is 11.9 Å². The summed E-state index contributed by atoms with van der Waals surface area (Å²) in [7, 11) is 0. The van der Waals surface area contributed by atoms with E-state index in [1.54, 1.807) is 24.8 Å². The smallest absolute Gasteiger partial charge is 0.326 e. The lowest BCUT2D eigenvalue weighted by Crippen LogP contribution is -2.48. The summed E-state index contributed by atoms with van der Waals surface area (Å²) < 4.78 is 0. The van der Waals surface area contributed by atoms with Crippen LogP contribution in [0, 0.1) is 0 Å². The SMILES string of the molecule is N[C@@H](CCCN(Cc1ccccn1)Cc1ccccn1)C(=O)N[C@@H](CCCN(Cc1ccccn1)Cc1ccccn1)C(=O)O. The zero-order valence-electron chi connectivity index (χ0n) is 25.5. The van der Waals surface area contributed by atoms with Gasteiger partial charge in [0.15, 0.2) is 0 Å². The molecule has 0 fully saturated rings. The number of nitrogens with two attached hydrogens (primary N) is 1. The van der Waals surface area contributed by atoms with Crippen molar-refractivity contribution in [1.82, 2.24) is 35.1 Å². The largest absolute Gasteiger partial charge is 0.480 e. The summed E-state index contributed by atoms with van der Waals surface area (Å²) >= 11 is 0. The first-order valence-corrected chi connectivity index (χ1v) is 15.3. The van der Waals surface area contributed by atoms with Crippen molar-refractivity contribution in [2.24, 2.45) is 5.73 Å². The third-order valence-electron chi connectivity index (χ3n) is 7.35. The molecular formula is C34H42N8O3. The second kappa shape index (κ2) is 18.3. The number of nitrogens with one attached hydrogen (secondary N) is 1. The zero-order valence-corrected chi connectivity index (χ0v) is 25.5. The molecule has 0 saturated carbocycles. The predicted octanol–water partition coefficient (Wildman–Crippen LogP) is 3.43. The number of pyridine rings is 4. The first-order valence-electron chi connectivity index (χ1n) is 15.3. The highest BCUT2D eigenvalue weighted by molar-refractivity contribution is 5.86. The van der Waals surface area contributed by atoms with Gasteiger partial charge >= 0.3 is 5.97 Å². The van der Waals surface area contributed by atoms with Crippen molar-refractivity contribution in [2.75, 3.05) is 13.1 Å². The van der Waals surface area contributed by atoms with E-state index in [9.17, 15) is 14.7 Å². The maximum atomic E-state index is 12.9. The van der Waals surface area contributed by atoms with Crippen molar-refractivity contribution in [3.05, 3.63) is 120 Å². The average Bonchev–Trinajstić information content (AvgIpc) is 3.06. The van der Waals surface area contributed by atoms with Gasteiger partial charge in [-0.25, -0.2) is 4.79 Å². The van der Waals surface area contributed by atoms with Crippen molar-refractivity contribution in [2.45, 2.75) is 63.9 Å². The van der Waals surface area contributed by atoms with E-state index in [4.69, 9.17) is 5.73 Å². The van der Waals surface area contributed by atoms with Gasteiger partial charge in [-0.15, -0.1) is 0 Å². The molecule has 4 heterocycles. The molecule has 11 nitrogen and oxygen atoms in total. The van der Waals surface area contributed by atoms with E-state index in [2.05, 4.69) is 35.1 Å². The highest BCUT2D eigenvalue weighted by atomic mass is 16.4. The Hall–Kier alpha value is -4.58. The number of carbonyl (C=O) groups excluding carboxylic acids is 1. The molecule has 0 unspecified atom stereocenters. The molecule has 0 saturated heterocycles. The van der Waals surface area contributed by atoms with Gasteiger partial charge < -0.3 is 16.2 Å². The summed E-state index contributed by atoms with van der Waals surface area (Å²) in [4.78, 5) is 47.1. The minimum Gasteiger partial charge on any atom is -0.480 e. The second-order valence-corrected chi connectivity index (χ2v) is 11.0. The van der Waals surface area contributed by atoms with Crippen LogP contribution >= 0.6 is 0 Å². The molecule has 11 heteroatoms. The summed E-state index contributed by atoms with van der Waals surface area (Å²) in [6, 6.07) is 21.4. The molecule has 236 valence electrons. The molecular weight excluding hydrogens is 568 g/mol. The van der Waals surface area contributed by atoms with E-state index in [1.807, 2.05) is 72.8 Å². The summed E-state index contributed by atoms with van der Waals surface area (Å²) in [5, 5.41) is 12.5. The molecule has 0 bridgehead atoms. The van der Waals surface area contributed by atoms with Gasteiger partial charge in [-0.05, 0) is 87.3 Å². The Bertz CT molecular complexity index is 1330. The number of amides is 1. The molecule has 0 aliphatic rings. The Balaban J connectivity index is 1.26. The van der Waals surface area contributed by atoms with Crippen LogP contribution in [0.15, 0.2) is 97.6 Å². The summed E-state index contributed by atoms with van der Waals surface area (Å²) in [5.41, 5.74) is 9.96. The average molecular weight is 611 g/mol. The topological polar surface area (TPSA) is 150 Å². The van der Waals surface area contributed by atoms with Crippen LogP contribution < -0.4 is 11.1 Å². The van der Waals surface area contributed by atoms with Gasteiger partial charge in [0.05, 0.1) is 28.8 Å². The Kier molecular flexibility index (Phi) is 13.5. The fourth-order valence-corrected chi connectivity index (χ4v) is 5.03. The van der Waals surface area contributed by atoms with Crippen LogP contribution in [0.2, 0.25) is 0 Å². The maximum Gasteiger partial charge on any atom is 0.326 e. The molecule has 0 aliphatic carbocycles. The standard InChI is InChI=1S/C34H42N8O3/c35-31(15-9-21-41(23-27-11-1-5-17-36-27)24-28-12-2-6-18-37-28)33(43)40-32(34(44)45)16-10-22-42(25-29-13-3-7-19-38-29)26-30-14-4-8-20-39-30/h1-8,11-14,17-20,31-32H,9-10,15-16,21-26,35H2,(H,40,43)(H,44,45)/t31-,32-/m0/s1. The van der Waals surface area contributed by atoms with Gasteiger partial charge in [0.2, 0.25) is 5.91 Å². The minimum atomic E-state index is -1.08. The Morgan fingerprint density at radius 1 is 0.644 bits per heavy atom. The lowest BCUT2D eigenvalue weighted by Gasteiger charge is -2.24. The van der Waals surface area contributed by atoms with E-state index in [0.29, 0.717) is 58.5 Å². The molecule has 45 heavy (non-hydrogen) atoms. The molecule has 1 amide bonds. The molecule has 4 rings (SSSR count). The third kappa shape index (κ3) is 12.1. The lowest BCUT2D eigenvalue weighted by molar-refractivity contribution is -0.142. The minimum absolute atomic E-state index is 0.274. The molecule has 0 aliphatic heterocycles. The Morgan fingerprint density at radius 3 is 1.36 bits per heavy atom. The second-order valence-electron chi connectivity index (χ2n) is 11.0. The van der Waals surface area contributed by atoms with Crippen LogP contribution in [-0.4, -0.2) is 71.9 Å².